The number of aromatic nitrogens is 1. The normalized spacial score (nSPS) is 16.5. The van der Waals surface area contributed by atoms with Gasteiger partial charge in [-0.05, 0) is 49.7 Å². The van der Waals surface area contributed by atoms with Gasteiger partial charge in [-0.3, -0.25) is 4.98 Å². The molecule has 0 spiro atoms. The third-order valence-corrected chi connectivity index (χ3v) is 4.25. The summed E-state index contributed by atoms with van der Waals surface area (Å²) < 4.78 is 1.11. The summed E-state index contributed by atoms with van der Waals surface area (Å²) in [7, 11) is 0. The van der Waals surface area contributed by atoms with Crippen molar-refractivity contribution in [1.82, 2.24) is 10.3 Å². The maximum Gasteiger partial charge on any atom is 0.0435 e. The molecule has 3 rings (SSSR count). The predicted octanol–water partition coefficient (Wildman–Crippen LogP) is 3.98. The van der Waals surface area contributed by atoms with E-state index >= 15 is 0 Å². The molecule has 2 nitrogen and oxygen atoms in total. The summed E-state index contributed by atoms with van der Waals surface area (Å²) in [5, 5.41) is 3.39. The lowest BCUT2D eigenvalue weighted by molar-refractivity contribution is 0.453. The Morgan fingerprint density at radius 1 is 0.947 bits per heavy atom. The van der Waals surface area contributed by atoms with E-state index in [0.717, 1.165) is 17.6 Å². The third-order valence-electron chi connectivity index (χ3n) is 3.72. The second-order valence-electron chi connectivity index (χ2n) is 5.00. The molecule has 0 atom stereocenters. The minimum Gasteiger partial charge on any atom is -0.317 e. The van der Waals surface area contributed by atoms with Gasteiger partial charge in [0.05, 0.1) is 0 Å². The summed E-state index contributed by atoms with van der Waals surface area (Å²) in [5.74, 6) is 0.625. The molecule has 0 radical (unpaired) electrons. The van der Waals surface area contributed by atoms with E-state index in [1.807, 2.05) is 6.20 Å². The average molecular weight is 317 g/mol. The fourth-order valence-electron chi connectivity index (χ4n) is 2.58. The molecule has 1 aromatic carbocycles. The summed E-state index contributed by atoms with van der Waals surface area (Å²) in [6.45, 7) is 2.22. The minimum absolute atomic E-state index is 0.625. The summed E-state index contributed by atoms with van der Waals surface area (Å²) in [6, 6.07) is 12.7. The highest BCUT2D eigenvalue weighted by atomic mass is 79.9. The zero-order chi connectivity index (χ0) is 13.1. The van der Waals surface area contributed by atoms with Crippen molar-refractivity contribution in [3.63, 3.8) is 0 Å². The first-order valence-corrected chi connectivity index (χ1v) is 7.55. The molecule has 1 aliphatic rings. The van der Waals surface area contributed by atoms with E-state index in [2.05, 4.69) is 62.6 Å². The van der Waals surface area contributed by atoms with E-state index in [1.54, 1.807) is 0 Å². The Balaban J connectivity index is 1.80. The van der Waals surface area contributed by atoms with Gasteiger partial charge in [0.2, 0.25) is 0 Å². The van der Waals surface area contributed by atoms with Gasteiger partial charge in [0.25, 0.3) is 0 Å². The summed E-state index contributed by atoms with van der Waals surface area (Å²) in [4.78, 5) is 4.66. The van der Waals surface area contributed by atoms with Gasteiger partial charge in [-0.2, -0.15) is 0 Å². The molecule has 0 unspecified atom stereocenters. The van der Waals surface area contributed by atoms with Gasteiger partial charge in [0, 0.05) is 27.8 Å². The van der Waals surface area contributed by atoms with Crippen LogP contribution in [-0.2, 0) is 0 Å². The van der Waals surface area contributed by atoms with Crippen LogP contribution in [0.1, 0.15) is 24.5 Å². The van der Waals surface area contributed by atoms with Gasteiger partial charge in [0.1, 0.15) is 0 Å². The highest BCUT2D eigenvalue weighted by Gasteiger charge is 2.16. The van der Waals surface area contributed by atoms with Crippen molar-refractivity contribution in [2.24, 2.45) is 0 Å². The lowest BCUT2D eigenvalue weighted by atomic mass is 9.93. The fourth-order valence-corrected chi connectivity index (χ4v) is 2.84. The van der Waals surface area contributed by atoms with Crippen LogP contribution in [0.3, 0.4) is 0 Å². The number of rotatable bonds is 2. The van der Waals surface area contributed by atoms with Crippen molar-refractivity contribution in [3.05, 3.63) is 52.8 Å². The van der Waals surface area contributed by atoms with Crippen LogP contribution in [0.2, 0.25) is 0 Å². The van der Waals surface area contributed by atoms with E-state index in [1.165, 1.54) is 29.7 Å². The fraction of sp³-hybridized carbons (Fsp3) is 0.312. The summed E-state index contributed by atoms with van der Waals surface area (Å²) in [6.07, 6.45) is 4.40. The lowest BCUT2D eigenvalue weighted by Crippen LogP contribution is -2.26. The average Bonchev–Trinajstić information content (AvgIpc) is 2.49. The van der Waals surface area contributed by atoms with E-state index < -0.39 is 0 Å². The highest BCUT2D eigenvalue weighted by molar-refractivity contribution is 9.10. The van der Waals surface area contributed by atoms with E-state index in [9.17, 15) is 0 Å². The van der Waals surface area contributed by atoms with Crippen LogP contribution in [0.4, 0.5) is 0 Å². The number of hydrogen-bond acceptors (Lipinski definition) is 2. The van der Waals surface area contributed by atoms with Gasteiger partial charge in [0.15, 0.2) is 0 Å². The van der Waals surface area contributed by atoms with Gasteiger partial charge < -0.3 is 5.32 Å². The molecular formula is C16H17BrN2. The molecule has 0 aliphatic carbocycles. The second-order valence-corrected chi connectivity index (χ2v) is 5.92. The second kappa shape index (κ2) is 5.85. The number of hydrogen-bond donors (Lipinski definition) is 1. The maximum absolute atomic E-state index is 4.66. The van der Waals surface area contributed by atoms with Crippen molar-refractivity contribution in [2.45, 2.75) is 18.8 Å². The first kappa shape index (κ1) is 12.8. The molecule has 0 bridgehead atoms. The Labute approximate surface area is 122 Å². The number of piperidine rings is 1. The van der Waals surface area contributed by atoms with E-state index in [-0.39, 0.29) is 0 Å². The predicted molar refractivity (Wildman–Crippen MR) is 82.2 cm³/mol. The summed E-state index contributed by atoms with van der Waals surface area (Å²) >= 11 is 3.46. The quantitative estimate of drug-likeness (QED) is 0.906. The highest BCUT2D eigenvalue weighted by Crippen LogP contribution is 2.26. The number of nitrogens with zero attached hydrogens (tertiary/aromatic N) is 1. The van der Waals surface area contributed by atoms with Crippen LogP contribution in [0.25, 0.3) is 11.1 Å². The van der Waals surface area contributed by atoms with Crippen LogP contribution in [0.5, 0.6) is 0 Å². The zero-order valence-electron chi connectivity index (χ0n) is 10.8. The Hall–Kier alpha value is -1.19. The molecule has 19 heavy (non-hydrogen) atoms. The summed E-state index contributed by atoms with van der Waals surface area (Å²) in [5.41, 5.74) is 3.64. The molecule has 2 aromatic rings. The van der Waals surface area contributed by atoms with Crippen molar-refractivity contribution < 1.29 is 0 Å². The molecule has 0 amide bonds. The molecule has 1 saturated heterocycles. The monoisotopic (exact) mass is 316 g/mol. The minimum atomic E-state index is 0.625. The van der Waals surface area contributed by atoms with Crippen molar-refractivity contribution >= 4 is 15.9 Å². The van der Waals surface area contributed by atoms with Crippen molar-refractivity contribution in [1.29, 1.82) is 0 Å². The number of benzene rings is 1. The third kappa shape index (κ3) is 3.04. The smallest absolute Gasteiger partial charge is 0.0435 e. The molecule has 0 saturated carbocycles. The number of nitrogens with one attached hydrogen (secondary N) is 1. The molecule has 2 heterocycles. The molecule has 1 aliphatic heterocycles. The molecule has 1 aromatic heterocycles. The SMILES string of the molecule is Brc1ccc(-c2ccc(C3CCNCC3)nc2)cc1. The zero-order valence-corrected chi connectivity index (χ0v) is 12.4. The number of halogens is 1. The van der Waals surface area contributed by atoms with Crippen LogP contribution in [0, 0.1) is 0 Å². The molecular weight excluding hydrogens is 300 g/mol. The van der Waals surface area contributed by atoms with Gasteiger partial charge in [-0.25, -0.2) is 0 Å². The van der Waals surface area contributed by atoms with Crippen molar-refractivity contribution in [3.8, 4) is 11.1 Å². The van der Waals surface area contributed by atoms with E-state index in [4.69, 9.17) is 0 Å². The first-order chi connectivity index (χ1) is 9.33. The van der Waals surface area contributed by atoms with Gasteiger partial charge >= 0.3 is 0 Å². The maximum atomic E-state index is 4.66. The van der Waals surface area contributed by atoms with Crippen LogP contribution in [-0.4, -0.2) is 18.1 Å². The Kier molecular flexibility index (Phi) is 3.95. The number of pyridine rings is 1. The molecule has 98 valence electrons. The molecule has 1 fully saturated rings. The lowest BCUT2D eigenvalue weighted by Gasteiger charge is -2.22. The Morgan fingerprint density at radius 3 is 2.26 bits per heavy atom. The van der Waals surface area contributed by atoms with Gasteiger partial charge in [-0.15, -0.1) is 0 Å². The standard InChI is InChI=1S/C16H17BrN2/c17-15-4-1-12(2-5-15)14-3-6-16(19-11-14)13-7-9-18-10-8-13/h1-6,11,13,18H,7-10H2. The van der Waals surface area contributed by atoms with E-state index in [0.29, 0.717) is 5.92 Å². The van der Waals surface area contributed by atoms with Crippen LogP contribution in [0.15, 0.2) is 47.1 Å². The molecule has 1 N–H and O–H groups in total. The Morgan fingerprint density at radius 2 is 1.63 bits per heavy atom. The molecule has 3 heteroatoms. The first-order valence-electron chi connectivity index (χ1n) is 6.75. The Bertz CT molecular complexity index is 528. The largest absolute Gasteiger partial charge is 0.317 e. The van der Waals surface area contributed by atoms with Crippen LogP contribution >= 0.6 is 15.9 Å². The van der Waals surface area contributed by atoms with Crippen LogP contribution < -0.4 is 5.32 Å². The van der Waals surface area contributed by atoms with Crippen molar-refractivity contribution in [2.75, 3.05) is 13.1 Å². The van der Waals surface area contributed by atoms with Gasteiger partial charge in [-0.1, -0.05) is 34.1 Å². The topological polar surface area (TPSA) is 24.9 Å².